The maximum Gasteiger partial charge on any atom is 0.573 e. The van der Waals surface area contributed by atoms with Crippen LogP contribution in [0.3, 0.4) is 0 Å². The molecule has 1 unspecified atom stereocenters. The molecular formula is C32H24F11NO3. The lowest BCUT2D eigenvalue weighted by atomic mass is 10.0. The van der Waals surface area contributed by atoms with Gasteiger partial charge in [-0.15, -0.1) is 13.2 Å². The zero-order chi connectivity index (χ0) is 34.6. The quantitative estimate of drug-likeness (QED) is 0.161. The number of benzene rings is 4. The molecule has 0 spiro atoms. The average Bonchev–Trinajstić information content (AvgIpc) is 2.98. The molecule has 0 heterocycles. The molecule has 0 aromatic heterocycles. The van der Waals surface area contributed by atoms with Crippen molar-refractivity contribution >= 4 is 5.69 Å². The van der Waals surface area contributed by atoms with Gasteiger partial charge in [0.15, 0.2) is 0 Å². The summed E-state index contributed by atoms with van der Waals surface area (Å²) in [7, 11) is 0. The summed E-state index contributed by atoms with van der Waals surface area (Å²) >= 11 is 0. The molecule has 1 atom stereocenters. The van der Waals surface area contributed by atoms with Gasteiger partial charge in [-0.1, -0.05) is 48.5 Å². The summed E-state index contributed by atoms with van der Waals surface area (Å²) < 4.78 is 154. The van der Waals surface area contributed by atoms with Crippen molar-refractivity contribution in [3.8, 4) is 11.5 Å². The highest BCUT2D eigenvalue weighted by Crippen LogP contribution is 2.44. The molecule has 4 aromatic carbocycles. The van der Waals surface area contributed by atoms with E-state index in [1.54, 1.807) is 0 Å². The van der Waals surface area contributed by atoms with Gasteiger partial charge in [-0.05, 0) is 59.2 Å². The summed E-state index contributed by atoms with van der Waals surface area (Å²) in [6.07, 6.45) is -16.9. The monoisotopic (exact) mass is 679 g/mol. The molecule has 4 aromatic rings. The highest BCUT2D eigenvalue weighted by molar-refractivity contribution is 5.52. The summed E-state index contributed by atoms with van der Waals surface area (Å²) in [5, 5.41) is 10.9. The lowest BCUT2D eigenvalue weighted by Crippen LogP contribution is -2.34. The Morgan fingerprint density at radius 2 is 1.26 bits per heavy atom. The first kappa shape index (κ1) is 35.3. The van der Waals surface area contributed by atoms with Gasteiger partial charge in [0.2, 0.25) is 0 Å². The number of aliphatic hydroxyl groups excluding tert-OH is 1. The van der Waals surface area contributed by atoms with Gasteiger partial charge in [-0.25, -0.2) is 0 Å². The van der Waals surface area contributed by atoms with Crippen molar-refractivity contribution in [1.29, 1.82) is 0 Å². The van der Waals surface area contributed by atoms with Crippen LogP contribution in [0, 0.1) is 0 Å². The number of halogens is 11. The molecule has 47 heavy (non-hydrogen) atoms. The predicted molar refractivity (Wildman–Crippen MR) is 148 cm³/mol. The molecule has 0 amide bonds. The van der Waals surface area contributed by atoms with E-state index in [4.69, 9.17) is 4.74 Å². The van der Waals surface area contributed by atoms with Gasteiger partial charge >= 0.3 is 24.6 Å². The van der Waals surface area contributed by atoms with E-state index in [0.717, 1.165) is 42.5 Å². The maximum absolute atomic E-state index is 14.1. The number of aliphatic hydroxyl groups is 1. The molecular weight excluding hydrogens is 655 g/mol. The Morgan fingerprint density at radius 3 is 1.89 bits per heavy atom. The number of hydrogen-bond donors (Lipinski definition) is 1. The van der Waals surface area contributed by atoms with Gasteiger partial charge in [0, 0.05) is 30.4 Å². The topological polar surface area (TPSA) is 41.9 Å². The van der Waals surface area contributed by atoms with Gasteiger partial charge in [-0.2, -0.15) is 35.1 Å². The third kappa shape index (κ3) is 9.50. The molecule has 0 saturated heterocycles. The minimum absolute atomic E-state index is 0.0150. The number of alkyl halides is 11. The molecule has 0 aliphatic rings. The van der Waals surface area contributed by atoms with Crippen molar-refractivity contribution in [1.82, 2.24) is 0 Å². The van der Waals surface area contributed by atoms with Crippen LogP contribution in [0.15, 0.2) is 97.1 Å². The Bertz CT molecular complexity index is 1640. The highest BCUT2D eigenvalue weighted by Gasteiger charge is 2.58. The number of anilines is 1. The van der Waals surface area contributed by atoms with Crippen molar-refractivity contribution in [2.45, 2.75) is 43.9 Å². The summed E-state index contributed by atoms with van der Waals surface area (Å²) in [6.45, 7) is -0.910. The Balaban J connectivity index is 1.61. The van der Waals surface area contributed by atoms with Crippen LogP contribution in [-0.2, 0) is 25.3 Å². The van der Waals surface area contributed by atoms with E-state index >= 15 is 0 Å². The minimum Gasteiger partial charge on any atom is -0.489 e. The van der Waals surface area contributed by atoms with E-state index in [0.29, 0.717) is 17.7 Å². The molecule has 0 aliphatic carbocycles. The fourth-order valence-corrected chi connectivity index (χ4v) is 4.49. The standard InChI is InChI=1S/C32H24F11NO3/c33-29(34,31(38,39)40)24-6-1-4-20(14-24)17-44(18-28(45)22-10-12-23(13-11-22)30(35,36)37)25-7-3-8-26(16-25)46-19-21-5-2-9-27(15-21)47-32(41,42)43/h1-16,28,45H,17-19H2. The van der Waals surface area contributed by atoms with Crippen molar-refractivity contribution in [3.63, 3.8) is 0 Å². The van der Waals surface area contributed by atoms with Gasteiger partial charge in [-0.3, -0.25) is 0 Å². The number of nitrogens with zero attached hydrogens (tertiary/aromatic N) is 1. The van der Waals surface area contributed by atoms with E-state index in [9.17, 15) is 53.4 Å². The first-order valence-electron chi connectivity index (χ1n) is 13.5. The van der Waals surface area contributed by atoms with Crippen LogP contribution >= 0.6 is 0 Å². The first-order chi connectivity index (χ1) is 21.8. The van der Waals surface area contributed by atoms with Crippen molar-refractivity contribution in [2.75, 3.05) is 11.4 Å². The van der Waals surface area contributed by atoms with Gasteiger partial charge in [0.05, 0.1) is 11.7 Å². The normalized spacial score (nSPS) is 13.3. The molecule has 1 N–H and O–H groups in total. The van der Waals surface area contributed by atoms with E-state index in [-0.39, 0.29) is 42.3 Å². The molecule has 0 radical (unpaired) electrons. The summed E-state index contributed by atoms with van der Waals surface area (Å²) in [5.74, 6) is -5.48. The molecule has 0 bridgehead atoms. The van der Waals surface area contributed by atoms with Crippen LogP contribution in [0.25, 0.3) is 0 Å². The zero-order valence-corrected chi connectivity index (χ0v) is 23.8. The fourth-order valence-electron chi connectivity index (χ4n) is 4.49. The van der Waals surface area contributed by atoms with Crippen LogP contribution in [0.5, 0.6) is 11.5 Å². The number of hydrogen-bond acceptors (Lipinski definition) is 4. The smallest absolute Gasteiger partial charge is 0.489 e. The van der Waals surface area contributed by atoms with Crippen LogP contribution in [-0.4, -0.2) is 24.2 Å². The molecule has 0 aliphatic heterocycles. The van der Waals surface area contributed by atoms with Crippen molar-refractivity contribution in [2.24, 2.45) is 0 Å². The Hall–Kier alpha value is -4.53. The van der Waals surface area contributed by atoms with Gasteiger partial charge in [0.25, 0.3) is 0 Å². The zero-order valence-electron chi connectivity index (χ0n) is 23.8. The second kappa shape index (κ2) is 13.7. The second-order valence-electron chi connectivity index (χ2n) is 10.3. The Kier molecular flexibility index (Phi) is 10.3. The van der Waals surface area contributed by atoms with Crippen molar-refractivity contribution < 1.29 is 62.9 Å². The summed E-state index contributed by atoms with van der Waals surface area (Å²) in [4.78, 5) is 1.39. The first-order valence-corrected chi connectivity index (χ1v) is 13.5. The molecule has 0 fully saturated rings. The van der Waals surface area contributed by atoms with Crippen molar-refractivity contribution in [3.05, 3.63) is 125 Å². The SMILES string of the molecule is OC(CN(Cc1cccc(C(F)(F)C(F)(F)F)c1)c1cccc(OCc2cccc(OC(F)(F)F)c2)c1)c1ccc(C(F)(F)F)cc1. The lowest BCUT2D eigenvalue weighted by molar-refractivity contribution is -0.289. The van der Waals surface area contributed by atoms with Gasteiger partial charge in [0.1, 0.15) is 18.1 Å². The molecule has 4 nitrogen and oxygen atoms in total. The number of ether oxygens (including phenoxy) is 2. The largest absolute Gasteiger partial charge is 0.573 e. The minimum atomic E-state index is -5.87. The highest BCUT2D eigenvalue weighted by atomic mass is 19.4. The molecule has 4 rings (SSSR count). The van der Waals surface area contributed by atoms with Crippen LogP contribution in [0.4, 0.5) is 54.0 Å². The molecule has 252 valence electrons. The van der Waals surface area contributed by atoms with Crippen LogP contribution < -0.4 is 14.4 Å². The van der Waals surface area contributed by atoms with Crippen LogP contribution in [0.2, 0.25) is 0 Å². The number of rotatable bonds is 11. The molecule has 15 heteroatoms. The van der Waals surface area contributed by atoms with Crippen LogP contribution in [0.1, 0.15) is 33.9 Å². The predicted octanol–water partition coefficient (Wildman–Crippen LogP) is 9.58. The molecule has 0 saturated carbocycles. The van der Waals surface area contributed by atoms with E-state index in [1.165, 1.54) is 47.4 Å². The second-order valence-corrected chi connectivity index (χ2v) is 10.3. The van der Waals surface area contributed by atoms with E-state index in [1.807, 2.05) is 0 Å². The van der Waals surface area contributed by atoms with E-state index in [2.05, 4.69) is 4.74 Å². The summed E-state index contributed by atoms with van der Waals surface area (Å²) in [6, 6.07) is 18.0. The maximum atomic E-state index is 14.1. The third-order valence-corrected chi connectivity index (χ3v) is 6.76. The third-order valence-electron chi connectivity index (χ3n) is 6.76. The average molecular weight is 680 g/mol. The van der Waals surface area contributed by atoms with Gasteiger partial charge < -0.3 is 19.5 Å². The fraction of sp³-hybridized carbons (Fsp3) is 0.250. The Labute approximate surface area is 260 Å². The van der Waals surface area contributed by atoms with E-state index < -0.39 is 47.6 Å². The lowest BCUT2D eigenvalue weighted by Gasteiger charge is -2.29. The Morgan fingerprint density at radius 1 is 0.638 bits per heavy atom. The summed E-state index contributed by atoms with van der Waals surface area (Å²) in [5.41, 5.74) is -1.68.